The number of nitrogens with one attached hydrogen (secondary N) is 2. The minimum Gasteiger partial charge on any atom is -0.351 e. The van der Waals surface area contributed by atoms with Crippen molar-refractivity contribution in [3.05, 3.63) is 33.8 Å². The number of rotatable bonds is 3. The van der Waals surface area contributed by atoms with Crippen LogP contribution in [0.25, 0.3) is 0 Å². The lowest BCUT2D eigenvalue weighted by atomic mass is 10.1. The Hall–Kier alpha value is -0.650. The highest BCUT2D eigenvalue weighted by Gasteiger charge is 2.28. The molecule has 1 aliphatic heterocycles. The van der Waals surface area contributed by atoms with E-state index in [1.165, 1.54) is 0 Å². The van der Waals surface area contributed by atoms with E-state index in [1.54, 1.807) is 0 Å². The van der Waals surface area contributed by atoms with Crippen LogP contribution in [0, 0.1) is 6.92 Å². The van der Waals surface area contributed by atoms with E-state index in [9.17, 15) is 9.18 Å². The summed E-state index contributed by atoms with van der Waals surface area (Å²) in [7, 11) is 0. The molecular weight excluding hydrogens is 335 g/mol. The van der Waals surface area contributed by atoms with Crippen LogP contribution in [0.2, 0.25) is 0 Å². The topological polar surface area (TPSA) is 41.1 Å². The van der Waals surface area contributed by atoms with Crippen molar-refractivity contribution in [3.63, 3.8) is 0 Å². The quantitative estimate of drug-likeness (QED) is 0.878. The van der Waals surface area contributed by atoms with E-state index in [1.807, 2.05) is 25.1 Å². The van der Waals surface area contributed by atoms with E-state index in [2.05, 4.69) is 26.6 Å². The van der Waals surface area contributed by atoms with Gasteiger partial charge in [-0.1, -0.05) is 22.0 Å². The molecule has 6 heteroatoms. The molecular formula is C13H17BrClFN2O. The van der Waals surface area contributed by atoms with Gasteiger partial charge in [0.2, 0.25) is 5.91 Å². The minimum atomic E-state index is -0.907. The summed E-state index contributed by atoms with van der Waals surface area (Å²) in [5, 5.41) is 5.71. The van der Waals surface area contributed by atoms with E-state index < -0.39 is 12.2 Å². The van der Waals surface area contributed by atoms with Crippen LogP contribution >= 0.6 is 28.3 Å². The average molecular weight is 352 g/mol. The zero-order valence-electron chi connectivity index (χ0n) is 10.6. The molecule has 19 heavy (non-hydrogen) atoms. The van der Waals surface area contributed by atoms with Crippen molar-refractivity contribution in [2.24, 2.45) is 0 Å². The Kier molecular flexibility index (Phi) is 6.23. The van der Waals surface area contributed by atoms with Crippen LogP contribution in [0.4, 0.5) is 4.39 Å². The Labute approximate surface area is 126 Å². The number of alkyl halides is 1. The Morgan fingerprint density at radius 3 is 2.89 bits per heavy atom. The number of carbonyl (C=O) groups excluding carboxylic acids is 1. The zero-order chi connectivity index (χ0) is 13.1. The van der Waals surface area contributed by atoms with Gasteiger partial charge in [-0.3, -0.25) is 4.79 Å². The van der Waals surface area contributed by atoms with Gasteiger partial charge in [-0.15, -0.1) is 12.4 Å². The number of halogens is 3. The SMILES string of the molecule is Cc1cc(Br)ccc1CNC(=O)[C@H]1C[C@H](F)CN1.Cl. The third-order valence-electron chi connectivity index (χ3n) is 3.15. The number of benzene rings is 1. The molecule has 1 fully saturated rings. The van der Waals surface area contributed by atoms with E-state index in [0.29, 0.717) is 6.54 Å². The lowest BCUT2D eigenvalue weighted by Crippen LogP contribution is -2.40. The molecule has 0 spiro atoms. The molecule has 2 N–H and O–H groups in total. The second kappa shape index (κ2) is 7.22. The van der Waals surface area contributed by atoms with E-state index in [-0.39, 0.29) is 31.3 Å². The molecule has 0 bridgehead atoms. The van der Waals surface area contributed by atoms with Crippen LogP contribution in [0.5, 0.6) is 0 Å². The smallest absolute Gasteiger partial charge is 0.237 e. The lowest BCUT2D eigenvalue weighted by Gasteiger charge is -2.12. The molecule has 1 aliphatic rings. The van der Waals surface area contributed by atoms with E-state index in [4.69, 9.17) is 0 Å². The van der Waals surface area contributed by atoms with Gasteiger partial charge in [-0.25, -0.2) is 4.39 Å². The predicted octanol–water partition coefficient (Wildman–Crippen LogP) is 2.50. The number of amides is 1. The molecule has 0 aliphatic carbocycles. The summed E-state index contributed by atoms with van der Waals surface area (Å²) in [6.07, 6.45) is -0.638. The number of hydrogen-bond acceptors (Lipinski definition) is 2. The van der Waals surface area contributed by atoms with Crippen LogP contribution in [0.3, 0.4) is 0 Å². The second-order valence-electron chi connectivity index (χ2n) is 4.58. The molecule has 1 amide bonds. The van der Waals surface area contributed by atoms with Crippen molar-refractivity contribution < 1.29 is 9.18 Å². The zero-order valence-corrected chi connectivity index (χ0v) is 13.0. The normalized spacial score (nSPS) is 21.8. The first-order valence-electron chi connectivity index (χ1n) is 5.96. The fraction of sp³-hybridized carbons (Fsp3) is 0.462. The Balaban J connectivity index is 0.00000180. The van der Waals surface area contributed by atoms with Gasteiger partial charge in [-0.2, -0.15) is 0 Å². The van der Waals surface area contributed by atoms with Crippen LogP contribution in [-0.2, 0) is 11.3 Å². The number of carbonyl (C=O) groups is 1. The average Bonchev–Trinajstić information content (AvgIpc) is 2.74. The highest BCUT2D eigenvalue weighted by Crippen LogP contribution is 2.16. The maximum absolute atomic E-state index is 13.0. The predicted molar refractivity (Wildman–Crippen MR) is 79.3 cm³/mol. The van der Waals surface area contributed by atoms with Crippen molar-refractivity contribution in [2.75, 3.05) is 6.54 Å². The molecule has 2 rings (SSSR count). The molecule has 0 radical (unpaired) electrons. The molecule has 0 saturated carbocycles. The maximum Gasteiger partial charge on any atom is 0.237 e. The molecule has 106 valence electrons. The standard InChI is InChI=1S/C13H16BrFN2O.ClH/c1-8-4-10(14)3-2-9(8)6-17-13(18)12-5-11(15)7-16-12;/h2-4,11-12,16H,5-7H2,1H3,(H,17,18);1H/t11-,12+;/m0./s1. The maximum atomic E-state index is 13.0. The first kappa shape index (κ1) is 16.4. The first-order valence-corrected chi connectivity index (χ1v) is 6.76. The van der Waals surface area contributed by atoms with Crippen LogP contribution in [0.1, 0.15) is 17.5 Å². The van der Waals surface area contributed by atoms with Gasteiger partial charge in [0.15, 0.2) is 0 Å². The molecule has 3 nitrogen and oxygen atoms in total. The second-order valence-corrected chi connectivity index (χ2v) is 5.50. The highest BCUT2D eigenvalue weighted by atomic mass is 79.9. The molecule has 0 unspecified atom stereocenters. The van der Waals surface area contributed by atoms with Crippen molar-refractivity contribution in [3.8, 4) is 0 Å². The summed E-state index contributed by atoms with van der Waals surface area (Å²) in [4.78, 5) is 11.8. The third kappa shape index (κ3) is 4.44. The fourth-order valence-electron chi connectivity index (χ4n) is 2.06. The molecule has 1 heterocycles. The molecule has 1 aromatic rings. The summed E-state index contributed by atoms with van der Waals surface area (Å²) < 4.78 is 14.0. The molecule has 0 aromatic heterocycles. The highest BCUT2D eigenvalue weighted by molar-refractivity contribution is 9.10. The summed E-state index contributed by atoms with van der Waals surface area (Å²) in [6, 6.07) is 5.53. The Bertz CT molecular complexity index is 458. The van der Waals surface area contributed by atoms with Crippen LogP contribution in [0.15, 0.2) is 22.7 Å². The summed E-state index contributed by atoms with van der Waals surface area (Å²) in [5.41, 5.74) is 2.19. The largest absolute Gasteiger partial charge is 0.351 e. The van der Waals surface area contributed by atoms with Gasteiger partial charge in [0, 0.05) is 24.0 Å². The van der Waals surface area contributed by atoms with E-state index in [0.717, 1.165) is 15.6 Å². The van der Waals surface area contributed by atoms with Crippen LogP contribution in [-0.4, -0.2) is 24.7 Å². The summed E-state index contributed by atoms with van der Waals surface area (Å²) >= 11 is 3.40. The van der Waals surface area contributed by atoms with Gasteiger partial charge < -0.3 is 10.6 Å². The van der Waals surface area contributed by atoms with Gasteiger partial charge >= 0.3 is 0 Å². The van der Waals surface area contributed by atoms with Crippen molar-refractivity contribution in [1.82, 2.24) is 10.6 Å². The third-order valence-corrected chi connectivity index (χ3v) is 3.64. The van der Waals surface area contributed by atoms with Crippen molar-refractivity contribution in [1.29, 1.82) is 0 Å². The fourth-order valence-corrected chi connectivity index (χ4v) is 2.53. The monoisotopic (exact) mass is 350 g/mol. The Morgan fingerprint density at radius 2 is 2.32 bits per heavy atom. The Morgan fingerprint density at radius 1 is 1.58 bits per heavy atom. The van der Waals surface area contributed by atoms with Crippen molar-refractivity contribution >= 4 is 34.2 Å². The van der Waals surface area contributed by atoms with Crippen LogP contribution < -0.4 is 10.6 Å². The molecule has 1 aromatic carbocycles. The number of aryl methyl sites for hydroxylation is 1. The van der Waals surface area contributed by atoms with Gasteiger partial charge in [0.05, 0.1) is 6.04 Å². The van der Waals surface area contributed by atoms with Gasteiger partial charge in [0.1, 0.15) is 6.17 Å². The number of hydrogen-bond donors (Lipinski definition) is 2. The molecule has 2 atom stereocenters. The van der Waals surface area contributed by atoms with Crippen molar-refractivity contribution in [2.45, 2.75) is 32.1 Å². The minimum absolute atomic E-state index is 0. The molecule has 1 saturated heterocycles. The lowest BCUT2D eigenvalue weighted by molar-refractivity contribution is -0.123. The van der Waals surface area contributed by atoms with Gasteiger partial charge in [0.25, 0.3) is 0 Å². The summed E-state index contributed by atoms with van der Waals surface area (Å²) in [5.74, 6) is -0.127. The first-order chi connectivity index (χ1) is 8.56. The summed E-state index contributed by atoms with van der Waals surface area (Å²) in [6.45, 7) is 2.75. The van der Waals surface area contributed by atoms with Gasteiger partial charge in [-0.05, 0) is 30.2 Å². The van der Waals surface area contributed by atoms with E-state index >= 15 is 0 Å².